The Balaban J connectivity index is 1.29. The molecular weight excluding hydrogens is 454 g/mol. The van der Waals surface area contributed by atoms with Crippen LogP contribution in [0.25, 0.3) is 11.0 Å². The number of nitrogens with one attached hydrogen (secondary N) is 1. The van der Waals surface area contributed by atoms with E-state index in [4.69, 9.17) is 0 Å². The highest BCUT2D eigenvalue weighted by molar-refractivity contribution is 6.00. The molecule has 4 amide bonds. The summed E-state index contributed by atoms with van der Waals surface area (Å²) >= 11 is 0. The number of hydrogen-bond acceptors (Lipinski definition) is 5. The second kappa shape index (κ2) is 8.86. The predicted molar refractivity (Wildman–Crippen MR) is 125 cm³/mol. The van der Waals surface area contributed by atoms with E-state index in [1.54, 1.807) is 18.0 Å². The van der Waals surface area contributed by atoms with Gasteiger partial charge in [0.05, 0.1) is 23.1 Å². The van der Waals surface area contributed by atoms with Gasteiger partial charge < -0.3 is 10.0 Å². The SMILES string of the molecule is Cn1c(=O)n(C2CCC(=O)NC2=O)c2cccc(CCCC(=O)N3C[C@H]4CC[C@@H](C3)N4C(=O)O)c21. The van der Waals surface area contributed by atoms with Gasteiger partial charge in [0.15, 0.2) is 0 Å². The molecule has 1 unspecified atom stereocenters. The molecule has 2 bridgehead atoms. The van der Waals surface area contributed by atoms with Crippen LogP contribution < -0.4 is 11.0 Å². The van der Waals surface area contributed by atoms with Crippen molar-refractivity contribution in [3.8, 4) is 0 Å². The Bertz CT molecular complexity index is 1270. The Kier molecular flexibility index (Phi) is 5.86. The summed E-state index contributed by atoms with van der Waals surface area (Å²) in [6.07, 6.45) is 2.64. The smallest absolute Gasteiger partial charge is 0.407 e. The molecule has 0 saturated carbocycles. The van der Waals surface area contributed by atoms with Crippen molar-refractivity contribution < 1.29 is 24.3 Å². The van der Waals surface area contributed by atoms with E-state index < -0.39 is 18.0 Å². The molecule has 186 valence electrons. The van der Waals surface area contributed by atoms with Gasteiger partial charge in [-0.05, 0) is 43.7 Å². The number of carboxylic acid groups (broad SMARTS) is 1. The molecule has 3 aliphatic rings. The van der Waals surface area contributed by atoms with Gasteiger partial charge in [-0.3, -0.25) is 33.7 Å². The number of aryl methyl sites for hydroxylation is 2. The number of fused-ring (bicyclic) bond motifs is 3. The highest BCUT2D eigenvalue weighted by Gasteiger charge is 2.43. The minimum atomic E-state index is -0.910. The molecule has 35 heavy (non-hydrogen) atoms. The Morgan fingerprint density at radius 2 is 1.80 bits per heavy atom. The van der Waals surface area contributed by atoms with Crippen molar-refractivity contribution in [2.24, 2.45) is 7.05 Å². The van der Waals surface area contributed by atoms with Gasteiger partial charge in [0.25, 0.3) is 0 Å². The molecule has 2 N–H and O–H groups in total. The first kappa shape index (κ1) is 23.1. The summed E-state index contributed by atoms with van der Waals surface area (Å²) in [7, 11) is 1.67. The number of hydrogen-bond donors (Lipinski definition) is 2. The third-order valence-corrected chi connectivity index (χ3v) is 7.60. The maximum Gasteiger partial charge on any atom is 0.407 e. The summed E-state index contributed by atoms with van der Waals surface area (Å²) in [4.78, 5) is 64.7. The molecular formula is C24H29N5O6. The monoisotopic (exact) mass is 483 g/mol. The summed E-state index contributed by atoms with van der Waals surface area (Å²) < 4.78 is 2.99. The molecule has 4 heterocycles. The molecule has 0 radical (unpaired) electrons. The fourth-order valence-corrected chi connectivity index (χ4v) is 5.96. The predicted octanol–water partition coefficient (Wildman–Crippen LogP) is 0.994. The number of para-hydroxylation sites is 1. The zero-order chi connectivity index (χ0) is 24.9. The maximum absolute atomic E-state index is 13.1. The number of aromatic nitrogens is 2. The fraction of sp³-hybridized carbons (Fsp3) is 0.542. The summed E-state index contributed by atoms with van der Waals surface area (Å²) in [5.74, 6) is -0.778. The van der Waals surface area contributed by atoms with Crippen LogP contribution in [0.5, 0.6) is 0 Å². The van der Waals surface area contributed by atoms with Crippen LogP contribution in [0, 0.1) is 0 Å². The van der Waals surface area contributed by atoms with Crippen LogP contribution >= 0.6 is 0 Å². The fourth-order valence-electron chi connectivity index (χ4n) is 5.96. The number of piperazine rings is 1. The first-order chi connectivity index (χ1) is 16.8. The van der Waals surface area contributed by atoms with E-state index in [9.17, 15) is 29.1 Å². The minimum absolute atomic E-state index is 0.0223. The van der Waals surface area contributed by atoms with Crippen LogP contribution in [-0.4, -0.2) is 73.0 Å². The lowest BCUT2D eigenvalue weighted by Gasteiger charge is -2.39. The van der Waals surface area contributed by atoms with Crippen LogP contribution in [0.1, 0.15) is 50.1 Å². The number of piperidine rings is 1. The summed E-state index contributed by atoms with van der Waals surface area (Å²) in [5, 5.41) is 11.7. The highest BCUT2D eigenvalue weighted by Crippen LogP contribution is 2.31. The Morgan fingerprint density at radius 3 is 2.46 bits per heavy atom. The van der Waals surface area contributed by atoms with Crippen molar-refractivity contribution in [1.29, 1.82) is 0 Å². The van der Waals surface area contributed by atoms with Crippen molar-refractivity contribution >= 4 is 34.8 Å². The molecule has 3 saturated heterocycles. The number of imidazole rings is 1. The van der Waals surface area contributed by atoms with Crippen LogP contribution in [0.3, 0.4) is 0 Å². The van der Waals surface area contributed by atoms with Gasteiger partial charge >= 0.3 is 11.8 Å². The maximum atomic E-state index is 13.1. The van der Waals surface area contributed by atoms with Gasteiger partial charge in [0.2, 0.25) is 17.7 Å². The molecule has 0 spiro atoms. The highest BCUT2D eigenvalue weighted by atomic mass is 16.4. The van der Waals surface area contributed by atoms with E-state index in [1.807, 2.05) is 12.1 Å². The number of benzene rings is 1. The van der Waals surface area contributed by atoms with E-state index >= 15 is 0 Å². The Morgan fingerprint density at radius 1 is 1.09 bits per heavy atom. The van der Waals surface area contributed by atoms with Gasteiger partial charge in [-0.1, -0.05) is 12.1 Å². The molecule has 3 atom stereocenters. The third kappa shape index (κ3) is 3.98. The lowest BCUT2D eigenvalue weighted by Crippen LogP contribution is -2.56. The zero-order valence-electron chi connectivity index (χ0n) is 19.6. The number of nitrogens with zero attached hydrogens (tertiary/aromatic N) is 4. The number of amides is 4. The zero-order valence-corrected chi connectivity index (χ0v) is 19.6. The molecule has 5 rings (SSSR count). The average Bonchev–Trinajstić information content (AvgIpc) is 3.24. The number of rotatable bonds is 5. The lowest BCUT2D eigenvalue weighted by molar-refractivity contribution is -0.136. The number of carbonyl (C=O) groups excluding carboxylic acids is 3. The summed E-state index contributed by atoms with van der Waals surface area (Å²) in [5.41, 5.74) is 1.96. The van der Waals surface area contributed by atoms with E-state index in [0.717, 1.165) is 23.9 Å². The molecule has 0 aliphatic carbocycles. The average molecular weight is 484 g/mol. The molecule has 3 fully saturated rings. The second-order valence-electron chi connectivity index (χ2n) is 9.69. The molecule has 11 nitrogen and oxygen atoms in total. The first-order valence-corrected chi connectivity index (χ1v) is 12.1. The van der Waals surface area contributed by atoms with Crippen molar-refractivity contribution in [2.45, 2.75) is 63.1 Å². The van der Waals surface area contributed by atoms with E-state index in [0.29, 0.717) is 37.9 Å². The van der Waals surface area contributed by atoms with Gasteiger partial charge in [-0.2, -0.15) is 0 Å². The van der Waals surface area contributed by atoms with E-state index in [1.165, 1.54) is 14.0 Å². The number of imide groups is 1. The lowest BCUT2D eigenvalue weighted by atomic mass is 10.0. The number of likely N-dealkylation sites (tertiary alicyclic amines) is 1. The molecule has 3 aliphatic heterocycles. The Labute approximate surface area is 201 Å². The van der Waals surface area contributed by atoms with Crippen LogP contribution in [-0.2, 0) is 27.9 Å². The van der Waals surface area contributed by atoms with Gasteiger partial charge in [0, 0.05) is 33.0 Å². The summed E-state index contributed by atoms with van der Waals surface area (Å²) in [6, 6.07) is 4.58. The van der Waals surface area contributed by atoms with Crippen molar-refractivity contribution in [3.63, 3.8) is 0 Å². The van der Waals surface area contributed by atoms with Gasteiger partial charge in [-0.15, -0.1) is 0 Å². The Hall–Kier alpha value is -3.63. The normalized spacial score (nSPS) is 24.2. The minimum Gasteiger partial charge on any atom is -0.465 e. The summed E-state index contributed by atoms with van der Waals surface area (Å²) in [6.45, 7) is 0.890. The second-order valence-corrected chi connectivity index (χ2v) is 9.69. The molecule has 2 aromatic rings. The largest absolute Gasteiger partial charge is 0.465 e. The van der Waals surface area contributed by atoms with Crippen LogP contribution in [0.15, 0.2) is 23.0 Å². The molecule has 11 heteroatoms. The quantitative estimate of drug-likeness (QED) is 0.610. The van der Waals surface area contributed by atoms with Crippen molar-refractivity contribution in [3.05, 3.63) is 34.2 Å². The van der Waals surface area contributed by atoms with Crippen LogP contribution in [0.4, 0.5) is 4.79 Å². The van der Waals surface area contributed by atoms with Crippen molar-refractivity contribution in [2.75, 3.05) is 13.1 Å². The van der Waals surface area contributed by atoms with Gasteiger partial charge in [0.1, 0.15) is 6.04 Å². The third-order valence-electron chi connectivity index (χ3n) is 7.60. The van der Waals surface area contributed by atoms with E-state index in [2.05, 4.69) is 5.32 Å². The van der Waals surface area contributed by atoms with Gasteiger partial charge in [-0.25, -0.2) is 9.59 Å². The first-order valence-electron chi connectivity index (χ1n) is 12.1. The number of carbonyl (C=O) groups is 4. The standard InChI is InChI=1S/C24H29N5O6/c1-26-21-14(4-2-6-17(21)29(23(26)33)18-10-11-19(30)25-22(18)32)5-3-7-20(31)27-12-15-8-9-16(13-27)28(15)24(34)35/h2,4,6,15-16,18H,3,5,7-13H2,1H3,(H,34,35)(H,25,30,32)/t15-,16+,18?. The molecule has 1 aromatic heterocycles. The van der Waals surface area contributed by atoms with E-state index in [-0.39, 0.29) is 42.4 Å². The van der Waals surface area contributed by atoms with Crippen molar-refractivity contribution in [1.82, 2.24) is 24.3 Å². The topological polar surface area (TPSA) is 134 Å². The molecule has 1 aromatic carbocycles. The van der Waals surface area contributed by atoms with Crippen LogP contribution in [0.2, 0.25) is 0 Å².